The van der Waals surface area contributed by atoms with E-state index in [0.717, 1.165) is 19.4 Å². The SMILES string of the molecule is N[C@@H](CS)c1nnc([C@@H]2CCCN2)o1. The molecule has 6 heteroatoms. The summed E-state index contributed by atoms with van der Waals surface area (Å²) >= 11 is 4.08. The maximum Gasteiger partial charge on any atom is 0.234 e. The molecule has 2 heterocycles. The summed E-state index contributed by atoms with van der Waals surface area (Å²) in [6, 6.07) is -0.0515. The lowest BCUT2D eigenvalue weighted by molar-refractivity contribution is 0.389. The predicted octanol–water partition coefficient (Wildman–Crippen LogP) is 0.424. The van der Waals surface area contributed by atoms with Gasteiger partial charge < -0.3 is 15.5 Å². The second-order valence-electron chi connectivity index (χ2n) is 3.42. The number of thiol groups is 1. The first-order valence-corrected chi connectivity index (χ1v) is 5.37. The van der Waals surface area contributed by atoms with Crippen molar-refractivity contribution in [1.82, 2.24) is 15.5 Å². The minimum atomic E-state index is -0.263. The molecule has 1 fully saturated rings. The molecule has 0 unspecified atom stereocenters. The van der Waals surface area contributed by atoms with Gasteiger partial charge in [0.15, 0.2) is 0 Å². The van der Waals surface area contributed by atoms with Gasteiger partial charge in [-0.05, 0) is 19.4 Å². The summed E-state index contributed by atoms with van der Waals surface area (Å²) in [6.07, 6.45) is 2.21. The van der Waals surface area contributed by atoms with Gasteiger partial charge in [-0.25, -0.2) is 0 Å². The molecule has 3 N–H and O–H groups in total. The van der Waals surface area contributed by atoms with Crippen LogP contribution < -0.4 is 11.1 Å². The van der Waals surface area contributed by atoms with E-state index < -0.39 is 0 Å². The fourth-order valence-electron chi connectivity index (χ4n) is 1.51. The molecule has 2 rings (SSSR count). The van der Waals surface area contributed by atoms with Crippen molar-refractivity contribution >= 4 is 12.6 Å². The third-order valence-corrected chi connectivity index (χ3v) is 2.72. The third-order valence-electron chi connectivity index (χ3n) is 2.33. The van der Waals surface area contributed by atoms with Crippen LogP contribution in [-0.4, -0.2) is 22.5 Å². The van der Waals surface area contributed by atoms with Gasteiger partial charge in [0, 0.05) is 5.75 Å². The highest BCUT2D eigenvalue weighted by molar-refractivity contribution is 7.80. The Bertz CT molecular complexity index is 297. The lowest BCUT2D eigenvalue weighted by atomic mass is 10.2. The molecular formula is C8H14N4OS. The highest BCUT2D eigenvalue weighted by atomic mass is 32.1. The Balaban J connectivity index is 2.08. The fraction of sp³-hybridized carbons (Fsp3) is 0.750. The van der Waals surface area contributed by atoms with Crippen molar-refractivity contribution in [3.05, 3.63) is 11.8 Å². The quantitative estimate of drug-likeness (QED) is 0.636. The predicted molar refractivity (Wildman–Crippen MR) is 55.1 cm³/mol. The van der Waals surface area contributed by atoms with Crippen LogP contribution in [0.1, 0.15) is 36.7 Å². The minimum Gasteiger partial charge on any atom is -0.422 e. The molecule has 1 saturated heterocycles. The molecule has 0 aromatic carbocycles. The summed E-state index contributed by atoms with van der Waals surface area (Å²) in [7, 11) is 0. The van der Waals surface area contributed by atoms with Gasteiger partial charge in [-0.3, -0.25) is 0 Å². The van der Waals surface area contributed by atoms with Gasteiger partial charge in [0.25, 0.3) is 0 Å². The molecular weight excluding hydrogens is 200 g/mol. The summed E-state index contributed by atoms with van der Waals surface area (Å²) in [5.74, 6) is 1.64. The van der Waals surface area contributed by atoms with Gasteiger partial charge in [0.05, 0.1) is 12.1 Å². The van der Waals surface area contributed by atoms with Crippen LogP contribution in [0, 0.1) is 0 Å². The Morgan fingerprint density at radius 3 is 3.14 bits per heavy atom. The number of nitrogens with two attached hydrogens (primary N) is 1. The van der Waals surface area contributed by atoms with Crippen LogP contribution in [0.4, 0.5) is 0 Å². The average molecular weight is 214 g/mol. The maximum atomic E-state index is 5.71. The molecule has 0 bridgehead atoms. The number of aromatic nitrogens is 2. The molecule has 0 amide bonds. The first-order chi connectivity index (χ1) is 6.81. The van der Waals surface area contributed by atoms with Crippen molar-refractivity contribution in [3.63, 3.8) is 0 Å². The van der Waals surface area contributed by atoms with E-state index in [1.807, 2.05) is 0 Å². The van der Waals surface area contributed by atoms with Crippen molar-refractivity contribution in [2.45, 2.75) is 24.9 Å². The number of rotatable bonds is 3. The highest BCUT2D eigenvalue weighted by Crippen LogP contribution is 2.22. The van der Waals surface area contributed by atoms with Crippen molar-refractivity contribution in [2.75, 3.05) is 12.3 Å². The lowest BCUT2D eigenvalue weighted by Crippen LogP contribution is -2.13. The monoisotopic (exact) mass is 214 g/mol. The third kappa shape index (κ3) is 1.92. The molecule has 2 atom stereocenters. The van der Waals surface area contributed by atoms with E-state index in [1.54, 1.807) is 0 Å². The molecule has 78 valence electrons. The Hall–Kier alpha value is -0.590. The van der Waals surface area contributed by atoms with Gasteiger partial charge in [-0.2, -0.15) is 12.6 Å². The van der Waals surface area contributed by atoms with E-state index in [-0.39, 0.29) is 12.1 Å². The summed E-state index contributed by atoms with van der Waals surface area (Å²) < 4.78 is 5.46. The molecule has 0 saturated carbocycles. The van der Waals surface area contributed by atoms with E-state index in [4.69, 9.17) is 10.2 Å². The number of nitrogens with one attached hydrogen (secondary N) is 1. The molecule has 1 aliphatic rings. The molecule has 14 heavy (non-hydrogen) atoms. The van der Waals surface area contributed by atoms with Crippen LogP contribution in [-0.2, 0) is 0 Å². The Kier molecular flexibility index (Phi) is 3.05. The topological polar surface area (TPSA) is 77.0 Å². The van der Waals surface area contributed by atoms with E-state index >= 15 is 0 Å². The molecule has 1 aromatic heterocycles. The molecule has 0 radical (unpaired) electrons. The minimum absolute atomic E-state index is 0.211. The molecule has 1 aliphatic heterocycles. The van der Waals surface area contributed by atoms with Crippen LogP contribution in [0.25, 0.3) is 0 Å². The van der Waals surface area contributed by atoms with Gasteiger partial charge in [-0.1, -0.05) is 0 Å². The zero-order chi connectivity index (χ0) is 9.97. The van der Waals surface area contributed by atoms with E-state index in [9.17, 15) is 0 Å². The van der Waals surface area contributed by atoms with Crippen LogP contribution in [0.2, 0.25) is 0 Å². The van der Waals surface area contributed by atoms with E-state index in [1.165, 1.54) is 0 Å². The zero-order valence-electron chi connectivity index (χ0n) is 7.81. The second kappa shape index (κ2) is 4.29. The van der Waals surface area contributed by atoms with E-state index in [0.29, 0.717) is 17.5 Å². The van der Waals surface area contributed by atoms with Crippen molar-refractivity contribution < 1.29 is 4.42 Å². The summed E-state index contributed by atoms with van der Waals surface area (Å²) in [6.45, 7) is 1.01. The second-order valence-corrected chi connectivity index (χ2v) is 3.78. The number of nitrogens with zero attached hydrogens (tertiary/aromatic N) is 2. The largest absolute Gasteiger partial charge is 0.422 e. The number of hydrogen-bond donors (Lipinski definition) is 3. The fourth-order valence-corrected chi connectivity index (χ4v) is 1.67. The van der Waals surface area contributed by atoms with Crippen LogP contribution in [0.3, 0.4) is 0 Å². The average Bonchev–Trinajstić information content (AvgIpc) is 2.86. The van der Waals surface area contributed by atoms with Gasteiger partial charge in [-0.15, -0.1) is 10.2 Å². The molecule has 0 aliphatic carbocycles. The maximum absolute atomic E-state index is 5.71. The van der Waals surface area contributed by atoms with Crippen LogP contribution in [0.5, 0.6) is 0 Å². The standard InChI is InChI=1S/C8H14N4OS/c9-5(4-14)7-11-12-8(13-7)6-2-1-3-10-6/h5-6,10,14H,1-4,9H2/t5-,6-/m0/s1. The summed E-state index contributed by atoms with van der Waals surface area (Å²) in [5, 5.41) is 11.2. The normalized spacial score (nSPS) is 24.0. The molecule has 0 spiro atoms. The first-order valence-electron chi connectivity index (χ1n) is 4.74. The van der Waals surface area contributed by atoms with Crippen LogP contribution >= 0.6 is 12.6 Å². The summed E-state index contributed by atoms with van der Waals surface area (Å²) in [5.41, 5.74) is 5.71. The van der Waals surface area contributed by atoms with Crippen molar-refractivity contribution in [1.29, 1.82) is 0 Å². The summed E-state index contributed by atoms with van der Waals surface area (Å²) in [4.78, 5) is 0. The first kappa shape index (κ1) is 9.95. The number of hydrogen-bond acceptors (Lipinski definition) is 6. The van der Waals surface area contributed by atoms with Gasteiger partial charge in [0.2, 0.25) is 11.8 Å². The van der Waals surface area contributed by atoms with Crippen molar-refractivity contribution in [2.24, 2.45) is 5.73 Å². The van der Waals surface area contributed by atoms with Gasteiger partial charge >= 0.3 is 0 Å². The molecule has 1 aromatic rings. The zero-order valence-corrected chi connectivity index (χ0v) is 8.70. The Morgan fingerprint density at radius 1 is 1.64 bits per heavy atom. The van der Waals surface area contributed by atoms with Gasteiger partial charge in [0.1, 0.15) is 0 Å². The molecule has 5 nitrogen and oxygen atoms in total. The Morgan fingerprint density at radius 2 is 2.50 bits per heavy atom. The van der Waals surface area contributed by atoms with Crippen LogP contribution in [0.15, 0.2) is 4.42 Å². The van der Waals surface area contributed by atoms with Crippen molar-refractivity contribution in [3.8, 4) is 0 Å². The van der Waals surface area contributed by atoms with E-state index in [2.05, 4.69) is 28.1 Å². The lowest BCUT2D eigenvalue weighted by Gasteiger charge is -2.03. The highest BCUT2D eigenvalue weighted by Gasteiger charge is 2.23. The Labute approximate surface area is 87.9 Å². The smallest absolute Gasteiger partial charge is 0.234 e.